The van der Waals surface area contributed by atoms with E-state index in [1.165, 1.54) is 11.1 Å². The molecule has 1 aromatic carbocycles. The van der Waals surface area contributed by atoms with Crippen LogP contribution in [0, 0.1) is 0 Å². The fraction of sp³-hybridized carbons (Fsp3) is 0.600. The zero-order chi connectivity index (χ0) is 13.4. The summed E-state index contributed by atoms with van der Waals surface area (Å²) in [5, 5.41) is 0. The van der Waals surface area contributed by atoms with Crippen molar-refractivity contribution in [2.75, 3.05) is 20.8 Å². The second-order valence-electron chi connectivity index (χ2n) is 5.59. The topological polar surface area (TPSA) is 47.7 Å². The van der Waals surface area contributed by atoms with Gasteiger partial charge in [-0.1, -0.05) is 0 Å². The molecular formula is C15H22N2O2. The van der Waals surface area contributed by atoms with Crippen molar-refractivity contribution in [2.45, 2.75) is 37.9 Å². The molecule has 0 spiro atoms. The van der Waals surface area contributed by atoms with Gasteiger partial charge in [0, 0.05) is 25.2 Å². The van der Waals surface area contributed by atoms with E-state index in [0.29, 0.717) is 12.1 Å². The highest BCUT2D eigenvalue weighted by atomic mass is 16.5. The molecule has 0 unspecified atom stereocenters. The minimum atomic E-state index is 0.364. The Morgan fingerprint density at radius 2 is 1.84 bits per heavy atom. The Bertz CT molecular complexity index is 475. The Morgan fingerprint density at radius 3 is 2.53 bits per heavy atom. The Balaban J connectivity index is 1.91. The van der Waals surface area contributed by atoms with Crippen LogP contribution >= 0.6 is 0 Å². The molecule has 2 heterocycles. The molecule has 2 aliphatic heterocycles. The van der Waals surface area contributed by atoms with Crippen molar-refractivity contribution in [3.8, 4) is 11.5 Å². The fourth-order valence-electron chi connectivity index (χ4n) is 3.32. The molecule has 3 rings (SSSR count). The van der Waals surface area contributed by atoms with Crippen molar-refractivity contribution in [1.29, 1.82) is 0 Å². The van der Waals surface area contributed by atoms with Crippen molar-refractivity contribution < 1.29 is 9.47 Å². The number of fused-ring (bicyclic) bond motifs is 2. The lowest BCUT2D eigenvalue weighted by molar-refractivity contribution is 0.115. The first-order valence-electron chi connectivity index (χ1n) is 6.94. The summed E-state index contributed by atoms with van der Waals surface area (Å²) >= 11 is 0. The zero-order valence-corrected chi connectivity index (χ0v) is 11.7. The molecule has 2 atom stereocenters. The summed E-state index contributed by atoms with van der Waals surface area (Å²) in [6.07, 6.45) is 3.29. The number of hydrogen-bond acceptors (Lipinski definition) is 4. The highest BCUT2D eigenvalue weighted by Crippen LogP contribution is 2.36. The summed E-state index contributed by atoms with van der Waals surface area (Å²) in [6.45, 7) is 2.12. The quantitative estimate of drug-likeness (QED) is 0.878. The standard InChI is InChI=1S/C15H22N2O2/c1-18-14-6-10-5-13-8-12(16)3-4-17(13)9-11(10)7-15(14)19-2/h6-7,12-13H,3-5,8-9,16H2,1-2H3/t12-,13-/m1/s1. The number of piperidine rings is 1. The van der Waals surface area contributed by atoms with Gasteiger partial charge in [-0.3, -0.25) is 4.90 Å². The lowest BCUT2D eigenvalue weighted by Crippen LogP contribution is -2.49. The van der Waals surface area contributed by atoms with Crippen LogP contribution in [0.4, 0.5) is 0 Å². The molecule has 0 bridgehead atoms. The van der Waals surface area contributed by atoms with Crippen LogP contribution in [0.25, 0.3) is 0 Å². The molecular weight excluding hydrogens is 240 g/mol. The van der Waals surface area contributed by atoms with Crippen LogP contribution in [0.1, 0.15) is 24.0 Å². The molecule has 4 heteroatoms. The molecule has 0 aromatic heterocycles. The molecule has 1 fully saturated rings. The van der Waals surface area contributed by atoms with E-state index in [2.05, 4.69) is 17.0 Å². The molecule has 0 saturated carbocycles. The lowest BCUT2D eigenvalue weighted by atomic mass is 9.86. The molecule has 19 heavy (non-hydrogen) atoms. The molecule has 104 valence electrons. The Hall–Kier alpha value is -1.26. The van der Waals surface area contributed by atoms with E-state index >= 15 is 0 Å². The number of nitrogens with two attached hydrogens (primary N) is 1. The first-order chi connectivity index (χ1) is 9.21. The van der Waals surface area contributed by atoms with Crippen molar-refractivity contribution >= 4 is 0 Å². The van der Waals surface area contributed by atoms with Gasteiger partial charge in [-0.2, -0.15) is 0 Å². The van der Waals surface area contributed by atoms with E-state index in [4.69, 9.17) is 15.2 Å². The summed E-state index contributed by atoms with van der Waals surface area (Å²) in [4.78, 5) is 2.55. The third kappa shape index (κ3) is 2.30. The molecule has 4 nitrogen and oxygen atoms in total. The van der Waals surface area contributed by atoms with Gasteiger partial charge in [0.05, 0.1) is 14.2 Å². The van der Waals surface area contributed by atoms with Crippen LogP contribution < -0.4 is 15.2 Å². The minimum Gasteiger partial charge on any atom is -0.493 e. The van der Waals surface area contributed by atoms with E-state index < -0.39 is 0 Å². The van der Waals surface area contributed by atoms with Gasteiger partial charge >= 0.3 is 0 Å². The average molecular weight is 262 g/mol. The van der Waals surface area contributed by atoms with E-state index in [1.54, 1.807) is 14.2 Å². The first-order valence-corrected chi connectivity index (χ1v) is 6.94. The predicted molar refractivity (Wildman–Crippen MR) is 74.7 cm³/mol. The number of ether oxygens (including phenoxy) is 2. The third-order valence-electron chi connectivity index (χ3n) is 4.41. The molecule has 0 radical (unpaired) electrons. The first kappa shape index (κ1) is 12.8. The van der Waals surface area contributed by atoms with Gasteiger partial charge in [0.15, 0.2) is 11.5 Å². The van der Waals surface area contributed by atoms with Crippen molar-refractivity contribution in [3.05, 3.63) is 23.3 Å². The van der Waals surface area contributed by atoms with E-state index in [9.17, 15) is 0 Å². The fourth-order valence-corrected chi connectivity index (χ4v) is 3.32. The summed E-state index contributed by atoms with van der Waals surface area (Å²) < 4.78 is 10.8. The summed E-state index contributed by atoms with van der Waals surface area (Å²) in [5.41, 5.74) is 8.84. The van der Waals surface area contributed by atoms with Gasteiger partial charge in [-0.15, -0.1) is 0 Å². The van der Waals surface area contributed by atoms with Gasteiger partial charge < -0.3 is 15.2 Å². The molecule has 1 saturated heterocycles. The SMILES string of the molecule is COc1cc2c(cc1OC)CN1CC[C@@H](N)C[C@H]1C2. The molecule has 0 aliphatic carbocycles. The highest BCUT2D eigenvalue weighted by molar-refractivity contribution is 5.48. The van der Waals surface area contributed by atoms with Crippen molar-refractivity contribution in [2.24, 2.45) is 5.73 Å². The molecule has 0 amide bonds. The Kier molecular flexibility index (Phi) is 3.37. The van der Waals surface area contributed by atoms with Gasteiger partial charge in [0.25, 0.3) is 0 Å². The number of rotatable bonds is 2. The smallest absolute Gasteiger partial charge is 0.161 e. The number of benzene rings is 1. The van der Waals surface area contributed by atoms with Gasteiger partial charge in [0.2, 0.25) is 0 Å². The van der Waals surface area contributed by atoms with Gasteiger partial charge in [0.1, 0.15) is 0 Å². The number of hydrogen-bond donors (Lipinski definition) is 1. The maximum atomic E-state index is 6.09. The summed E-state index contributed by atoms with van der Waals surface area (Å²) in [5.74, 6) is 1.66. The molecule has 2 N–H and O–H groups in total. The maximum Gasteiger partial charge on any atom is 0.161 e. The second kappa shape index (κ2) is 5.02. The normalized spacial score (nSPS) is 26.5. The molecule has 1 aromatic rings. The average Bonchev–Trinajstić information content (AvgIpc) is 2.43. The van der Waals surface area contributed by atoms with Crippen LogP contribution in [-0.4, -0.2) is 37.7 Å². The van der Waals surface area contributed by atoms with Crippen LogP contribution in [0.5, 0.6) is 11.5 Å². The Labute approximate surface area is 114 Å². The van der Waals surface area contributed by atoms with Crippen LogP contribution in [0.3, 0.4) is 0 Å². The van der Waals surface area contributed by atoms with Crippen molar-refractivity contribution in [3.63, 3.8) is 0 Å². The zero-order valence-electron chi connectivity index (χ0n) is 11.7. The lowest BCUT2D eigenvalue weighted by Gasteiger charge is -2.42. The van der Waals surface area contributed by atoms with E-state index in [0.717, 1.165) is 43.9 Å². The predicted octanol–water partition coefficient (Wildman–Crippen LogP) is 1.55. The summed E-state index contributed by atoms with van der Waals surface area (Å²) in [7, 11) is 3.38. The van der Waals surface area contributed by atoms with Crippen molar-refractivity contribution in [1.82, 2.24) is 4.90 Å². The van der Waals surface area contributed by atoms with Gasteiger partial charge in [-0.05, 0) is 42.5 Å². The highest BCUT2D eigenvalue weighted by Gasteiger charge is 2.31. The van der Waals surface area contributed by atoms with Crippen LogP contribution in [0.2, 0.25) is 0 Å². The largest absolute Gasteiger partial charge is 0.493 e. The molecule has 2 aliphatic rings. The minimum absolute atomic E-state index is 0.364. The number of methoxy groups -OCH3 is 2. The Morgan fingerprint density at radius 1 is 1.16 bits per heavy atom. The third-order valence-corrected chi connectivity index (χ3v) is 4.41. The van der Waals surface area contributed by atoms with E-state index in [1.807, 2.05) is 0 Å². The summed E-state index contributed by atoms with van der Waals surface area (Å²) in [6, 6.07) is 5.21. The number of nitrogens with zero attached hydrogens (tertiary/aromatic N) is 1. The monoisotopic (exact) mass is 262 g/mol. The van der Waals surface area contributed by atoms with Crippen LogP contribution in [0.15, 0.2) is 12.1 Å². The van der Waals surface area contributed by atoms with Gasteiger partial charge in [-0.25, -0.2) is 0 Å². The van der Waals surface area contributed by atoms with E-state index in [-0.39, 0.29) is 0 Å². The van der Waals surface area contributed by atoms with Crippen LogP contribution in [-0.2, 0) is 13.0 Å². The maximum absolute atomic E-state index is 6.09. The second-order valence-corrected chi connectivity index (χ2v) is 5.59.